The van der Waals surface area contributed by atoms with Crippen molar-refractivity contribution < 1.29 is 0 Å². The van der Waals surface area contributed by atoms with Gasteiger partial charge in [-0.25, -0.2) is 4.98 Å². The maximum absolute atomic E-state index is 4.67. The number of halogens is 1. The number of unbranched alkanes of at least 4 members (excludes halogenated alkanes) is 1. The van der Waals surface area contributed by atoms with Crippen LogP contribution in [0.5, 0.6) is 0 Å². The lowest BCUT2D eigenvalue weighted by atomic mass is 9.93. The number of hydrogen-bond donors (Lipinski definition) is 0. The zero-order chi connectivity index (χ0) is 14.8. The van der Waals surface area contributed by atoms with E-state index in [4.69, 9.17) is 0 Å². The minimum absolute atomic E-state index is 0.0281. The van der Waals surface area contributed by atoms with E-state index in [2.05, 4.69) is 64.0 Å². The van der Waals surface area contributed by atoms with E-state index in [0.29, 0.717) is 5.16 Å². The lowest BCUT2D eigenvalue weighted by Gasteiger charge is -2.15. The molecular weight excluding hydrogens is 358 g/mol. The van der Waals surface area contributed by atoms with Crippen molar-refractivity contribution in [3.63, 3.8) is 0 Å². The largest absolute Gasteiger partial charge is 0.238 e. The predicted octanol–water partition coefficient (Wildman–Crippen LogP) is 4.14. The summed E-state index contributed by atoms with van der Waals surface area (Å²) >= 11 is 6.67. The Morgan fingerprint density at radius 1 is 1.35 bits per heavy atom. The van der Waals surface area contributed by atoms with Gasteiger partial charge in [0.15, 0.2) is 4.34 Å². The smallest absolute Gasteiger partial charge is 0.232 e. The lowest BCUT2D eigenvalue weighted by Crippen LogP contribution is -2.12. The molecule has 2 aromatic rings. The summed E-state index contributed by atoms with van der Waals surface area (Å²) in [5, 5.41) is 13.1. The molecule has 2 heterocycles. The Balaban J connectivity index is 2.08. The van der Waals surface area contributed by atoms with Crippen LogP contribution in [-0.4, -0.2) is 25.2 Å². The number of hydrogen-bond acceptors (Lipinski definition) is 6. The van der Waals surface area contributed by atoms with Gasteiger partial charge in [0.25, 0.3) is 0 Å². The number of tetrazole rings is 1. The van der Waals surface area contributed by atoms with Gasteiger partial charge < -0.3 is 0 Å². The number of rotatable bonds is 5. The average Bonchev–Trinajstić information content (AvgIpc) is 2.93. The summed E-state index contributed by atoms with van der Waals surface area (Å²) in [6.07, 6.45) is 2.19. The van der Waals surface area contributed by atoms with E-state index >= 15 is 0 Å². The Morgan fingerprint density at radius 3 is 2.70 bits per heavy atom. The van der Waals surface area contributed by atoms with E-state index in [0.717, 1.165) is 33.2 Å². The van der Waals surface area contributed by atoms with Gasteiger partial charge in [-0.2, -0.15) is 4.80 Å². The van der Waals surface area contributed by atoms with Crippen molar-refractivity contribution in [2.45, 2.75) is 62.0 Å². The van der Waals surface area contributed by atoms with Gasteiger partial charge in [-0.3, -0.25) is 0 Å². The van der Waals surface area contributed by atoms with E-state index in [-0.39, 0.29) is 5.41 Å². The standard InChI is InChI=1S/C12H18BrN5S2/c1-5-6-7-18-16-10(15-17-18)20-11-14-8(9(13)19-11)12(2,3)4/h5-7H2,1-4H3. The highest BCUT2D eigenvalue weighted by molar-refractivity contribution is 9.11. The molecule has 0 radical (unpaired) electrons. The zero-order valence-electron chi connectivity index (χ0n) is 12.1. The van der Waals surface area contributed by atoms with E-state index < -0.39 is 0 Å². The fourth-order valence-electron chi connectivity index (χ4n) is 1.53. The van der Waals surface area contributed by atoms with E-state index in [1.165, 1.54) is 11.8 Å². The normalized spacial score (nSPS) is 12.1. The van der Waals surface area contributed by atoms with Crippen molar-refractivity contribution in [2.24, 2.45) is 0 Å². The van der Waals surface area contributed by atoms with Crippen LogP contribution in [0.1, 0.15) is 46.2 Å². The Bertz CT molecular complexity index is 573. The molecule has 2 aromatic heterocycles. The molecule has 20 heavy (non-hydrogen) atoms. The van der Waals surface area contributed by atoms with Crippen LogP contribution in [0.25, 0.3) is 0 Å². The van der Waals surface area contributed by atoms with E-state index in [9.17, 15) is 0 Å². The molecule has 0 atom stereocenters. The molecular formula is C12H18BrN5S2. The van der Waals surface area contributed by atoms with Crippen LogP contribution in [0.4, 0.5) is 0 Å². The van der Waals surface area contributed by atoms with Gasteiger partial charge in [0, 0.05) is 5.41 Å². The highest BCUT2D eigenvalue weighted by atomic mass is 79.9. The van der Waals surface area contributed by atoms with Crippen LogP contribution < -0.4 is 0 Å². The monoisotopic (exact) mass is 375 g/mol. The highest BCUT2D eigenvalue weighted by Gasteiger charge is 2.23. The molecule has 0 aliphatic rings. The van der Waals surface area contributed by atoms with Gasteiger partial charge in [-0.05, 0) is 39.3 Å². The molecule has 8 heteroatoms. The third-order valence-corrected chi connectivity index (χ3v) is 5.21. The Labute approximate surface area is 135 Å². The lowest BCUT2D eigenvalue weighted by molar-refractivity contribution is 0.493. The second-order valence-electron chi connectivity index (χ2n) is 5.48. The molecule has 0 aliphatic heterocycles. The summed E-state index contributed by atoms with van der Waals surface area (Å²) in [4.78, 5) is 6.32. The second-order valence-corrected chi connectivity index (χ2v) is 9.01. The van der Waals surface area contributed by atoms with Crippen LogP contribution >= 0.6 is 39.0 Å². The minimum atomic E-state index is 0.0281. The maximum Gasteiger partial charge on any atom is 0.238 e. The summed E-state index contributed by atoms with van der Waals surface area (Å²) in [5.41, 5.74) is 1.10. The summed E-state index contributed by atoms with van der Waals surface area (Å²) < 4.78 is 2.02. The molecule has 0 bridgehead atoms. The summed E-state index contributed by atoms with van der Waals surface area (Å²) in [6, 6.07) is 0. The maximum atomic E-state index is 4.67. The molecule has 0 amide bonds. The van der Waals surface area contributed by atoms with E-state index in [1.54, 1.807) is 16.1 Å². The highest BCUT2D eigenvalue weighted by Crippen LogP contribution is 2.38. The van der Waals surface area contributed by atoms with Gasteiger partial charge in [0.2, 0.25) is 5.16 Å². The van der Waals surface area contributed by atoms with Crippen LogP contribution in [-0.2, 0) is 12.0 Å². The van der Waals surface area contributed by atoms with Crippen molar-refractivity contribution in [2.75, 3.05) is 0 Å². The fraction of sp³-hybridized carbons (Fsp3) is 0.667. The molecule has 0 N–H and O–H groups in total. The Morgan fingerprint density at radius 2 is 2.10 bits per heavy atom. The van der Waals surface area contributed by atoms with Crippen LogP contribution in [0.15, 0.2) is 13.3 Å². The summed E-state index contributed by atoms with van der Waals surface area (Å²) in [6.45, 7) is 9.42. The quantitative estimate of drug-likeness (QED) is 0.785. The summed E-state index contributed by atoms with van der Waals surface area (Å²) in [5.74, 6) is 0. The third kappa shape index (κ3) is 4.02. The first-order valence-electron chi connectivity index (χ1n) is 6.52. The van der Waals surface area contributed by atoms with Crippen molar-refractivity contribution in [3.8, 4) is 0 Å². The third-order valence-electron chi connectivity index (χ3n) is 2.60. The van der Waals surface area contributed by atoms with Gasteiger partial charge in [-0.15, -0.1) is 10.2 Å². The number of thiazole rings is 1. The zero-order valence-corrected chi connectivity index (χ0v) is 15.3. The molecule has 5 nitrogen and oxygen atoms in total. The van der Waals surface area contributed by atoms with Crippen molar-refractivity contribution in [1.29, 1.82) is 0 Å². The van der Waals surface area contributed by atoms with Crippen molar-refractivity contribution >= 4 is 39.0 Å². The first kappa shape index (κ1) is 15.9. The number of aryl methyl sites for hydroxylation is 1. The van der Waals surface area contributed by atoms with Gasteiger partial charge in [0.1, 0.15) is 0 Å². The molecule has 2 rings (SSSR count). The van der Waals surface area contributed by atoms with Crippen molar-refractivity contribution in [3.05, 3.63) is 9.48 Å². The first-order chi connectivity index (χ1) is 9.40. The second kappa shape index (κ2) is 6.53. The van der Waals surface area contributed by atoms with E-state index in [1.807, 2.05) is 0 Å². The van der Waals surface area contributed by atoms with Crippen LogP contribution in [0, 0.1) is 0 Å². The van der Waals surface area contributed by atoms with Gasteiger partial charge in [0.05, 0.1) is 16.0 Å². The topological polar surface area (TPSA) is 56.5 Å². The molecule has 0 saturated carbocycles. The van der Waals surface area contributed by atoms with Crippen molar-refractivity contribution in [1.82, 2.24) is 25.2 Å². The van der Waals surface area contributed by atoms with Crippen LogP contribution in [0.2, 0.25) is 0 Å². The number of aromatic nitrogens is 5. The molecule has 0 spiro atoms. The Kier molecular flexibility index (Phi) is 5.19. The van der Waals surface area contributed by atoms with Gasteiger partial charge >= 0.3 is 0 Å². The molecule has 0 unspecified atom stereocenters. The molecule has 0 aliphatic carbocycles. The average molecular weight is 376 g/mol. The number of nitrogens with zero attached hydrogens (tertiary/aromatic N) is 5. The predicted molar refractivity (Wildman–Crippen MR) is 85.4 cm³/mol. The molecule has 110 valence electrons. The first-order valence-corrected chi connectivity index (χ1v) is 8.95. The molecule has 0 fully saturated rings. The fourth-order valence-corrected chi connectivity index (χ4v) is 4.88. The van der Waals surface area contributed by atoms with Gasteiger partial charge in [-0.1, -0.05) is 45.5 Å². The SMILES string of the molecule is CCCCn1nnc(Sc2nc(C(C)(C)C)c(Br)s2)n1. The Hall–Kier alpha value is -0.470. The minimum Gasteiger partial charge on any atom is -0.232 e. The van der Waals surface area contributed by atoms with Crippen LogP contribution in [0.3, 0.4) is 0 Å². The summed E-state index contributed by atoms with van der Waals surface area (Å²) in [7, 11) is 0. The molecule has 0 saturated heterocycles. The molecule has 0 aromatic carbocycles.